The number of ether oxygens (including phenoxy) is 2. The van der Waals surface area contributed by atoms with E-state index in [1.54, 1.807) is 19.9 Å². The largest absolute Gasteiger partial charge is 0.466 e. The molecule has 1 atom stereocenters. The quantitative estimate of drug-likeness (QED) is 0.176. The lowest BCUT2D eigenvalue weighted by molar-refractivity contribution is -0.384. The van der Waals surface area contributed by atoms with Gasteiger partial charge < -0.3 is 20.3 Å². The molecule has 3 N–H and O–H groups in total. The smallest absolute Gasteiger partial charge is 0.336 e. The van der Waals surface area contributed by atoms with E-state index in [0.717, 1.165) is 26.2 Å². The minimum atomic E-state index is -0.887. The van der Waals surface area contributed by atoms with Gasteiger partial charge in [-0.1, -0.05) is 72.8 Å². The molecule has 0 radical (unpaired) electrons. The van der Waals surface area contributed by atoms with Crippen molar-refractivity contribution in [2.45, 2.75) is 25.8 Å². The molecule has 2 heterocycles. The normalized spacial score (nSPS) is 16.5. The maximum Gasteiger partial charge on any atom is 0.336 e. The summed E-state index contributed by atoms with van der Waals surface area (Å²) >= 11 is 0. The van der Waals surface area contributed by atoms with Crippen LogP contribution in [0.3, 0.4) is 0 Å². The Morgan fingerprint density at radius 2 is 1.40 bits per heavy atom. The zero-order chi connectivity index (χ0) is 31.9. The molecule has 48 heavy (non-hydrogen) atoms. The zero-order valence-electron chi connectivity index (χ0n) is 27.1. The Morgan fingerprint density at radius 3 is 1.92 bits per heavy atom. The second-order valence-electron chi connectivity index (χ2n) is 11.2. The van der Waals surface area contributed by atoms with Gasteiger partial charge in [-0.05, 0) is 30.5 Å². The summed E-state index contributed by atoms with van der Waals surface area (Å²) in [5.74, 6) is -2.10. The molecule has 3 aromatic carbocycles. The lowest BCUT2D eigenvalue weighted by atomic mass is 9.80. The molecular formula is C35H42Cl2N4O7. The summed E-state index contributed by atoms with van der Waals surface area (Å²) in [7, 11) is 1.26. The van der Waals surface area contributed by atoms with Gasteiger partial charge in [-0.3, -0.25) is 19.9 Å². The highest BCUT2D eigenvalue weighted by atomic mass is 35.5. The summed E-state index contributed by atoms with van der Waals surface area (Å²) in [6.45, 7) is 7.52. The number of allylic oxidation sites excluding steroid dienone is 2. The summed E-state index contributed by atoms with van der Waals surface area (Å²) in [5.41, 5.74) is 4.25. The van der Waals surface area contributed by atoms with E-state index in [2.05, 4.69) is 63.6 Å². The van der Waals surface area contributed by atoms with Crippen LogP contribution in [-0.2, 0) is 19.1 Å². The fourth-order valence-electron chi connectivity index (χ4n) is 6.27. The average molecular weight is 702 g/mol. The number of dihydropyridines is 1. The molecule has 0 aliphatic carbocycles. The van der Waals surface area contributed by atoms with Gasteiger partial charge in [0.2, 0.25) is 0 Å². The van der Waals surface area contributed by atoms with Crippen molar-refractivity contribution in [3.8, 4) is 0 Å². The van der Waals surface area contributed by atoms with Crippen LogP contribution in [0, 0.1) is 10.1 Å². The van der Waals surface area contributed by atoms with E-state index in [4.69, 9.17) is 9.47 Å². The third-order valence-corrected chi connectivity index (χ3v) is 8.44. The van der Waals surface area contributed by atoms with E-state index in [1.165, 1.54) is 36.4 Å². The minimum absolute atomic E-state index is 0. The summed E-state index contributed by atoms with van der Waals surface area (Å²) < 4.78 is 10.8. The second kappa shape index (κ2) is 18.3. The van der Waals surface area contributed by atoms with Crippen LogP contribution in [0.2, 0.25) is 0 Å². The van der Waals surface area contributed by atoms with Gasteiger partial charge in [-0.15, -0.1) is 24.8 Å². The van der Waals surface area contributed by atoms with E-state index >= 15 is 0 Å². The number of hydrogen-bond donors (Lipinski definition) is 1. The number of nitro benzene ring substituents is 1. The standard InChI is InChI=1S/C35H38N4O6.2ClH.H2O/c1-24-30(34(40)44-3)32(28-15-10-16-29(23-28)39(42)43)31(25(2)36-24)35(41)45-22-21-37-17-19-38(20-18-37)33(26-11-6-4-7-12-26)27-13-8-5-9-14-27;;;/h4-16,23,32-33,36H,17-22H2,1-3H3;2*1H;1H2. The molecule has 0 amide bonds. The van der Waals surface area contributed by atoms with Crippen molar-refractivity contribution in [3.63, 3.8) is 0 Å². The Kier molecular flexibility index (Phi) is 15.2. The van der Waals surface area contributed by atoms with Crippen molar-refractivity contribution in [2.75, 3.05) is 46.4 Å². The monoisotopic (exact) mass is 700 g/mol. The number of carbonyl (C=O) groups is 2. The number of halogens is 2. The molecule has 2 aliphatic rings. The molecule has 0 saturated carbocycles. The topological polar surface area (TPSA) is 146 Å². The van der Waals surface area contributed by atoms with Crippen LogP contribution in [0.5, 0.6) is 0 Å². The van der Waals surface area contributed by atoms with Crippen molar-refractivity contribution in [3.05, 3.63) is 134 Å². The molecule has 1 unspecified atom stereocenters. The summed E-state index contributed by atoms with van der Waals surface area (Å²) in [4.78, 5) is 42.3. The summed E-state index contributed by atoms with van der Waals surface area (Å²) in [5, 5.41) is 14.6. The molecule has 0 aromatic heterocycles. The van der Waals surface area contributed by atoms with Gasteiger partial charge in [0.05, 0.1) is 35.1 Å². The Hall–Kier alpha value is -4.26. The van der Waals surface area contributed by atoms with Crippen LogP contribution < -0.4 is 5.32 Å². The number of methoxy groups -OCH3 is 1. The van der Waals surface area contributed by atoms with Gasteiger partial charge in [-0.25, -0.2) is 9.59 Å². The Balaban J connectivity index is 0.00000267. The van der Waals surface area contributed by atoms with Crippen LogP contribution >= 0.6 is 24.8 Å². The maximum atomic E-state index is 13.6. The summed E-state index contributed by atoms with van der Waals surface area (Å²) in [6.07, 6.45) is 0. The third-order valence-electron chi connectivity index (χ3n) is 8.44. The zero-order valence-corrected chi connectivity index (χ0v) is 28.7. The number of benzene rings is 3. The fraction of sp³-hybridized carbons (Fsp3) is 0.314. The number of rotatable bonds is 10. The van der Waals surface area contributed by atoms with Gasteiger partial charge >= 0.3 is 11.9 Å². The van der Waals surface area contributed by atoms with Crippen LogP contribution in [0.15, 0.2) is 107 Å². The number of nitrogens with one attached hydrogen (secondary N) is 1. The first-order chi connectivity index (χ1) is 21.8. The maximum absolute atomic E-state index is 13.6. The highest BCUT2D eigenvalue weighted by Crippen LogP contribution is 2.40. The fourth-order valence-corrected chi connectivity index (χ4v) is 6.27. The SMILES string of the molecule is COC(=O)C1=C(C)NC(C)=C(C(=O)OCCN2CCN(C(c3ccccc3)c3ccccc3)CC2)C1c1cccc([N+](=O)[O-])c1.Cl.Cl.O. The number of piperazine rings is 1. The van der Waals surface area contributed by atoms with Crippen LogP contribution in [0.1, 0.15) is 42.5 Å². The molecular weight excluding hydrogens is 659 g/mol. The van der Waals surface area contributed by atoms with Crippen molar-refractivity contribution in [1.82, 2.24) is 15.1 Å². The highest BCUT2D eigenvalue weighted by molar-refractivity contribution is 5.99. The lowest BCUT2D eigenvalue weighted by Crippen LogP contribution is -2.48. The Labute approximate surface area is 292 Å². The van der Waals surface area contributed by atoms with Crippen LogP contribution in [0.25, 0.3) is 0 Å². The van der Waals surface area contributed by atoms with E-state index in [9.17, 15) is 19.7 Å². The minimum Gasteiger partial charge on any atom is -0.466 e. The molecule has 1 fully saturated rings. The molecule has 258 valence electrons. The first-order valence-corrected chi connectivity index (χ1v) is 15.0. The van der Waals surface area contributed by atoms with E-state index in [0.29, 0.717) is 23.5 Å². The highest BCUT2D eigenvalue weighted by Gasteiger charge is 2.38. The molecule has 1 saturated heterocycles. The van der Waals surface area contributed by atoms with E-state index < -0.39 is 22.8 Å². The van der Waals surface area contributed by atoms with Gasteiger partial charge in [0.15, 0.2) is 0 Å². The van der Waals surface area contributed by atoms with Crippen molar-refractivity contribution < 1.29 is 29.5 Å². The van der Waals surface area contributed by atoms with Crippen LogP contribution in [-0.4, -0.2) is 78.6 Å². The molecule has 0 bridgehead atoms. The number of nitrogens with zero attached hydrogens (tertiary/aromatic N) is 3. The van der Waals surface area contributed by atoms with Crippen molar-refractivity contribution in [2.24, 2.45) is 0 Å². The van der Waals surface area contributed by atoms with Crippen molar-refractivity contribution in [1.29, 1.82) is 0 Å². The number of nitro groups is 1. The van der Waals surface area contributed by atoms with E-state index in [-0.39, 0.29) is 59.8 Å². The number of carbonyl (C=O) groups excluding carboxylic acids is 2. The third kappa shape index (κ3) is 9.00. The predicted octanol–water partition coefficient (Wildman–Crippen LogP) is 4.97. The van der Waals surface area contributed by atoms with Gasteiger partial charge in [0.25, 0.3) is 5.69 Å². The average Bonchev–Trinajstić information content (AvgIpc) is 3.06. The number of non-ortho nitro benzene ring substituents is 1. The lowest BCUT2D eigenvalue weighted by Gasteiger charge is -2.39. The number of esters is 2. The molecule has 13 heteroatoms. The molecule has 11 nitrogen and oxygen atoms in total. The van der Waals surface area contributed by atoms with E-state index in [1.807, 2.05) is 12.1 Å². The van der Waals surface area contributed by atoms with Crippen molar-refractivity contribution >= 4 is 42.4 Å². The molecule has 3 aromatic rings. The Morgan fingerprint density at radius 1 is 0.854 bits per heavy atom. The molecule has 2 aliphatic heterocycles. The summed E-state index contributed by atoms with van der Waals surface area (Å²) in [6, 6.07) is 27.2. The Bertz CT molecular complexity index is 1570. The molecule has 0 spiro atoms. The predicted molar refractivity (Wildman–Crippen MR) is 188 cm³/mol. The number of hydrogen-bond acceptors (Lipinski definition) is 9. The second-order valence-corrected chi connectivity index (χ2v) is 11.2. The first-order valence-electron chi connectivity index (χ1n) is 15.0. The molecule has 5 rings (SSSR count). The van der Waals surface area contributed by atoms with Gasteiger partial charge in [0, 0.05) is 56.3 Å². The van der Waals surface area contributed by atoms with Gasteiger partial charge in [0.1, 0.15) is 6.61 Å². The first kappa shape index (κ1) is 39.9. The van der Waals surface area contributed by atoms with Crippen LogP contribution in [0.4, 0.5) is 5.69 Å². The van der Waals surface area contributed by atoms with Gasteiger partial charge in [-0.2, -0.15) is 0 Å².